The third kappa shape index (κ3) is 4.29. The zero-order chi connectivity index (χ0) is 19.6. The van der Waals surface area contributed by atoms with Gasteiger partial charge in [-0.1, -0.05) is 19.0 Å². The van der Waals surface area contributed by atoms with Gasteiger partial charge in [-0.05, 0) is 12.0 Å². The van der Waals surface area contributed by atoms with Gasteiger partial charge in [0.15, 0.2) is 5.76 Å². The maximum absolute atomic E-state index is 12.6. The summed E-state index contributed by atoms with van der Waals surface area (Å²) in [4.78, 5) is 25.9. The number of rotatable bonds is 5. The number of hydrogen-bond acceptors (Lipinski definition) is 5. The van der Waals surface area contributed by atoms with Crippen LogP contribution in [0.1, 0.15) is 49.8 Å². The van der Waals surface area contributed by atoms with Crippen LogP contribution in [0.2, 0.25) is 0 Å². The van der Waals surface area contributed by atoms with Gasteiger partial charge in [0, 0.05) is 50.9 Å². The topological polar surface area (TPSA) is 105 Å². The second-order valence-electron chi connectivity index (χ2n) is 7.23. The van der Waals surface area contributed by atoms with E-state index in [4.69, 9.17) is 4.52 Å². The number of carbonyl (C=O) groups excluding carboxylic acids is 2. The zero-order valence-corrected chi connectivity index (χ0v) is 16.1. The SMILES string of the molecule is CC(=O)N[C@@H]1CN(C(=O)NCc2cc(C(C)C)no2)C[C@H]1c1ccnn1C. The first-order valence-corrected chi connectivity index (χ1v) is 9.08. The maximum atomic E-state index is 12.6. The molecule has 0 saturated carbocycles. The average molecular weight is 374 g/mol. The Balaban J connectivity index is 1.64. The van der Waals surface area contributed by atoms with Crippen molar-refractivity contribution in [2.45, 2.75) is 45.2 Å². The lowest BCUT2D eigenvalue weighted by Gasteiger charge is -2.18. The van der Waals surface area contributed by atoms with E-state index in [-0.39, 0.29) is 36.4 Å². The Morgan fingerprint density at radius 3 is 2.74 bits per heavy atom. The molecule has 1 fully saturated rings. The zero-order valence-electron chi connectivity index (χ0n) is 16.1. The second-order valence-corrected chi connectivity index (χ2v) is 7.23. The van der Waals surface area contributed by atoms with Crippen molar-refractivity contribution < 1.29 is 14.1 Å². The van der Waals surface area contributed by atoms with E-state index in [0.29, 0.717) is 18.8 Å². The van der Waals surface area contributed by atoms with Crippen molar-refractivity contribution in [3.8, 4) is 0 Å². The van der Waals surface area contributed by atoms with Gasteiger partial charge in [-0.3, -0.25) is 9.48 Å². The molecule has 1 aliphatic rings. The summed E-state index contributed by atoms with van der Waals surface area (Å²) in [6.07, 6.45) is 1.72. The van der Waals surface area contributed by atoms with Crippen LogP contribution < -0.4 is 10.6 Å². The summed E-state index contributed by atoms with van der Waals surface area (Å²) >= 11 is 0. The number of aryl methyl sites for hydroxylation is 1. The molecule has 0 spiro atoms. The quantitative estimate of drug-likeness (QED) is 0.822. The van der Waals surface area contributed by atoms with Crippen LogP contribution in [-0.4, -0.2) is 50.9 Å². The summed E-state index contributed by atoms with van der Waals surface area (Å²) in [6, 6.07) is 3.43. The van der Waals surface area contributed by atoms with Gasteiger partial charge in [-0.15, -0.1) is 0 Å². The fraction of sp³-hybridized carbons (Fsp3) is 0.556. The van der Waals surface area contributed by atoms with Gasteiger partial charge in [-0.2, -0.15) is 5.10 Å². The minimum atomic E-state index is -0.197. The summed E-state index contributed by atoms with van der Waals surface area (Å²) in [5.74, 6) is 0.768. The highest BCUT2D eigenvalue weighted by molar-refractivity contribution is 5.76. The lowest BCUT2D eigenvalue weighted by molar-refractivity contribution is -0.119. The van der Waals surface area contributed by atoms with Gasteiger partial charge in [0.1, 0.15) is 0 Å². The normalized spacial score (nSPS) is 19.5. The predicted octanol–water partition coefficient (Wildman–Crippen LogP) is 1.35. The van der Waals surface area contributed by atoms with E-state index in [0.717, 1.165) is 11.4 Å². The molecule has 27 heavy (non-hydrogen) atoms. The minimum absolute atomic E-state index is 0.00928. The van der Waals surface area contributed by atoms with Crippen LogP contribution in [0.3, 0.4) is 0 Å². The van der Waals surface area contributed by atoms with Crippen molar-refractivity contribution in [1.82, 2.24) is 30.5 Å². The summed E-state index contributed by atoms with van der Waals surface area (Å²) in [5.41, 5.74) is 1.85. The van der Waals surface area contributed by atoms with E-state index >= 15 is 0 Å². The van der Waals surface area contributed by atoms with E-state index in [2.05, 4.69) is 20.9 Å². The Labute approximate surface area is 158 Å². The first-order chi connectivity index (χ1) is 12.8. The van der Waals surface area contributed by atoms with E-state index < -0.39 is 0 Å². The molecule has 3 amide bonds. The minimum Gasteiger partial charge on any atom is -0.359 e. The van der Waals surface area contributed by atoms with Crippen molar-refractivity contribution in [2.75, 3.05) is 13.1 Å². The van der Waals surface area contributed by atoms with E-state index in [1.54, 1.807) is 15.8 Å². The third-order valence-corrected chi connectivity index (χ3v) is 4.82. The van der Waals surface area contributed by atoms with Crippen molar-refractivity contribution >= 4 is 11.9 Å². The van der Waals surface area contributed by atoms with Crippen LogP contribution in [0, 0.1) is 0 Å². The molecule has 0 aromatic carbocycles. The van der Waals surface area contributed by atoms with Gasteiger partial charge < -0.3 is 20.1 Å². The Hall–Kier alpha value is -2.84. The fourth-order valence-electron chi connectivity index (χ4n) is 3.38. The smallest absolute Gasteiger partial charge is 0.317 e. The molecular weight excluding hydrogens is 348 g/mol. The molecule has 3 rings (SSSR count). The van der Waals surface area contributed by atoms with Gasteiger partial charge >= 0.3 is 6.03 Å². The molecule has 9 nitrogen and oxygen atoms in total. The number of aromatic nitrogens is 3. The molecule has 3 heterocycles. The molecule has 0 radical (unpaired) electrons. The van der Waals surface area contributed by atoms with Crippen molar-refractivity contribution in [3.05, 3.63) is 35.5 Å². The first kappa shape index (κ1) is 18.9. The molecule has 1 saturated heterocycles. The van der Waals surface area contributed by atoms with Gasteiger partial charge in [0.05, 0.1) is 18.3 Å². The number of carbonyl (C=O) groups is 2. The Morgan fingerprint density at radius 2 is 2.15 bits per heavy atom. The Bertz CT molecular complexity index is 812. The molecule has 2 aromatic rings. The maximum Gasteiger partial charge on any atom is 0.317 e. The first-order valence-electron chi connectivity index (χ1n) is 9.08. The average Bonchev–Trinajstić information content (AvgIpc) is 3.31. The lowest BCUT2D eigenvalue weighted by Crippen LogP contribution is -2.42. The predicted molar refractivity (Wildman–Crippen MR) is 98.0 cm³/mol. The van der Waals surface area contributed by atoms with Gasteiger partial charge in [0.2, 0.25) is 5.91 Å². The molecule has 146 valence electrons. The number of amides is 3. The summed E-state index contributed by atoms with van der Waals surface area (Å²) < 4.78 is 7.04. The van der Waals surface area contributed by atoms with Crippen LogP contribution in [0.4, 0.5) is 4.79 Å². The van der Waals surface area contributed by atoms with Crippen LogP contribution >= 0.6 is 0 Å². The van der Waals surface area contributed by atoms with Crippen molar-refractivity contribution in [3.63, 3.8) is 0 Å². The largest absolute Gasteiger partial charge is 0.359 e. The van der Waals surface area contributed by atoms with Gasteiger partial charge in [-0.25, -0.2) is 4.79 Å². The molecule has 0 bridgehead atoms. The van der Waals surface area contributed by atoms with Crippen LogP contribution in [0.25, 0.3) is 0 Å². The standard InChI is InChI=1S/C18H26N6O3/c1-11(2)15-7-13(27-22-15)8-19-18(26)24-9-14(16(10-24)21-12(3)25)17-5-6-20-23(17)4/h5-7,11,14,16H,8-10H2,1-4H3,(H,19,26)(H,21,25)/t14-,16-/m1/s1. The summed E-state index contributed by atoms with van der Waals surface area (Å²) in [7, 11) is 1.86. The molecular formula is C18H26N6O3. The molecule has 2 atom stereocenters. The van der Waals surface area contributed by atoms with Gasteiger partial charge in [0.25, 0.3) is 0 Å². The Morgan fingerprint density at radius 1 is 1.37 bits per heavy atom. The molecule has 1 aliphatic heterocycles. The highest BCUT2D eigenvalue weighted by Gasteiger charge is 2.38. The van der Waals surface area contributed by atoms with Crippen LogP contribution in [0.15, 0.2) is 22.9 Å². The van der Waals surface area contributed by atoms with Crippen LogP contribution in [-0.2, 0) is 18.4 Å². The van der Waals surface area contributed by atoms with E-state index in [1.807, 2.05) is 33.0 Å². The van der Waals surface area contributed by atoms with Crippen LogP contribution in [0.5, 0.6) is 0 Å². The number of likely N-dealkylation sites (tertiary alicyclic amines) is 1. The summed E-state index contributed by atoms with van der Waals surface area (Å²) in [6.45, 7) is 6.77. The van der Waals surface area contributed by atoms with Crippen molar-refractivity contribution in [2.24, 2.45) is 7.05 Å². The number of urea groups is 1. The fourth-order valence-corrected chi connectivity index (χ4v) is 3.38. The van der Waals surface area contributed by atoms with E-state index in [9.17, 15) is 9.59 Å². The monoisotopic (exact) mass is 374 g/mol. The summed E-state index contributed by atoms with van der Waals surface area (Å²) in [5, 5.41) is 14.0. The molecule has 2 N–H and O–H groups in total. The third-order valence-electron chi connectivity index (χ3n) is 4.82. The Kier molecular flexibility index (Phi) is 5.48. The molecule has 0 unspecified atom stereocenters. The number of nitrogens with zero attached hydrogens (tertiary/aromatic N) is 4. The number of hydrogen-bond donors (Lipinski definition) is 2. The lowest BCUT2D eigenvalue weighted by atomic mass is 9.99. The second kappa shape index (κ2) is 7.81. The van der Waals surface area contributed by atoms with Crippen molar-refractivity contribution in [1.29, 1.82) is 0 Å². The number of nitrogens with one attached hydrogen (secondary N) is 2. The highest BCUT2D eigenvalue weighted by atomic mass is 16.5. The molecule has 9 heteroatoms. The van der Waals surface area contributed by atoms with E-state index in [1.165, 1.54) is 6.92 Å². The molecule has 2 aromatic heterocycles. The molecule has 0 aliphatic carbocycles. The highest BCUT2D eigenvalue weighted by Crippen LogP contribution is 2.27.